The molecule has 0 aromatic rings. The summed E-state index contributed by atoms with van der Waals surface area (Å²) in [6, 6.07) is 1.46. The van der Waals surface area contributed by atoms with Crippen LogP contribution in [0.25, 0.3) is 0 Å². The van der Waals surface area contributed by atoms with E-state index >= 15 is 0 Å². The van der Waals surface area contributed by atoms with E-state index in [0.717, 1.165) is 23.8 Å². The second-order valence-electron chi connectivity index (χ2n) is 7.30. The molecule has 0 aromatic carbocycles. The fourth-order valence-electron chi connectivity index (χ4n) is 3.92. The SMILES string of the molecule is CCC1CNC(C(C)C)CN1CC1CCCCC1C. The van der Waals surface area contributed by atoms with E-state index in [0.29, 0.717) is 6.04 Å². The molecule has 2 nitrogen and oxygen atoms in total. The zero-order valence-corrected chi connectivity index (χ0v) is 13.5. The van der Waals surface area contributed by atoms with Gasteiger partial charge in [-0.1, -0.05) is 47.0 Å². The Kier molecular flexibility index (Phi) is 5.70. The first-order chi connectivity index (χ1) is 9.11. The van der Waals surface area contributed by atoms with Gasteiger partial charge in [-0.05, 0) is 30.6 Å². The van der Waals surface area contributed by atoms with Crippen molar-refractivity contribution in [2.45, 2.75) is 71.9 Å². The van der Waals surface area contributed by atoms with E-state index in [1.54, 1.807) is 0 Å². The molecule has 1 N–H and O–H groups in total. The van der Waals surface area contributed by atoms with Crippen LogP contribution in [0, 0.1) is 17.8 Å². The molecular weight excluding hydrogens is 232 g/mol. The summed E-state index contributed by atoms with van der Waals surface area (Å²) >= 11 is 0. The maximum Gasteiger partial charge on any atom is 0.0218 e. The van der Waals surface area contributed by atoms with Crippen molar-refractivity contribution in [3.05, 3.63) is 0 Å². The van der Waals surface area contributed by atoms with Crippen LogP contribution < -0.4 is 5.32 Å². The molecule has 0 spiro atoms. The molecule has 2 heteroatoms. The molecule has 19 heavy (non-hydrogen) atoms. The smallest absolute Gasteiger partial charge is 0.0218 e. The predicted molar refractivity (Wildman–Crippen MR) is 83.4 cm³/mol. The summed E-state index contributed by atoms with van der Waals surface area (Å²) in [5.41, 5.74) is 0. The van der Waals surface area contributed by atoms with Crippen molar-refractivity contribution in [1.29, 1.82) is 0 Å². The quantitative estimate of drug-likeness (QED) is 0.837. The van der Waals surface area contributed by atoms with Crippen molar-refractivity contribution in [3.8, 4) is 0 Å². The molecule has 0 radical (unpaired) electrons. The zero-order valence-electron chi connectivity index (χ0n) is 13.5. The minimum Gasteiger partial charge on any atom is -0.311 e. The van der Waals surface area contributed by atoms with Crippen LogP contribution in [0.3, 0.4) is 0 Å². The molecule has 0 bridgehead atoms. The second kappa shape index (κ2) is 7.08. The minimum absolute atomic E-state index is 0.696. The lowest BCUT2D eigenvalue weighted by atomic mass is 9.79. The average Bonchev–Trinajstić information content (AvgIpc) is 2.41. The monoisotopic (exact) mass is 266 g/mol. The van der Waals surface area contributed by atoms with Crippen LogP contribution in [-0.2, 0) is 0 Å². The standard InChI is InChI=1S/C17H34N2/c1-5-16-10-18-17(13(2)3)12-19(16)11-15-9-7-6-8-14(15)4/h13-18H,5-12H2,1-4H3. The molecule has 112 valence electrons. The number of nitrogens with one attached hydrogen (secondary N) is 1. The van der Waals surface area contributed by atoms with E-state index in [4.69, 9.17) is 0 Å². The molecule has 2 rings (SSSR count). The highest BCUT2D eigenvalue weighted by molar-refractivity contribution is 4.89. The Morgan fingerprint density at radius 2 is 1.95 bits per heavy atom. The van der Waals surface area contributed by atoms with Crippen LogP contribution in [0.5, 0.6) is 0 Å². The van der Waals surface area contributed by atoms with Gasteiger partial charge in [0.25, 0.3) is 0 Å². The van der Waals surface area contributed by atoms with Crippen LogP contribution in [0.15, 0.2) is 0 Å². The molecule has 2 fully saturated rings. The van der Waals surface area contributed by atoms with Crippen molar-refractivity contribution >= 4 is 0 Å². The zero-order chi connectivity index (χ0) is 13.8. The first-order valence-corrected chi connectivity index (χ1v) is 8.59. The third-order valence-electron chi connectivity index (χ3n) is 5.60. The fourth-order valence-corrected chi connectivity index (χ4v) is 3.92. The first-order valence-electron chi connectivity index (χ1n) is 8.59. The summed E-state index contributed by atoms with van der Waals surface area (Å²) in [5, 5.41) is 3.76. The summed E-state index contributed by atoms with van der Waals surface area (Å²) in [7, 11) is 0. The third-order valence-corrected chi connectivity index (χ3v) is 5.60. The highest BCUT2D eigenvalue weighted by Gasteiger charge is 2.31. The normalized spacial score (nSPS) is 37.7. The molecule has 1 saturated carbocycles. The Bertz CT molecular complexity index is 264. The van der Waals surface area contributed by atoms with Crippen LogP contribution in [0.4, 0.5) is 0 Å². The summed E-state index contributed by atoms with van der Waals surface area (Å²) in [6.45, 7) is 13.3. The van der Waals surface area contributed by atoms with Crippen LogP contribution in [0.1, 0.15) is 59.8 Å². The molecular formula is C17H34N2. The van der Waals surface area contributed by atoms with E-state index < -0.39 is 0 Å². The van der Waals surface area contributed by atoms with Gasteiger partial charge in [0.05, 0.1) is 0 Å². The molecule has 2 aliphatic rings. The lowest BCUT2D eigenvalue weighted by Gasteiger charge is -2.44. The van der Waals surface area contributed by atoms with Crippen molar-refractivity contribution in [2.75, 3.05) is 19.6 Å². The Morgan fingerprint density at radius 3 is 2.58 bits per heavy atom. The van der Waals surface area contributed by atoms with Crippen molar-refractivity contribution < 1.29 is 0 Å². The second-order valence-corrected chi connectivity index (χ2v) is 7.30. The average molecular weight is 266 g/mol. The van der Waals surface area contributed by atoms with Crippen LogP contribution >= 0.6 is 0 Å². The van der Waals surface area contributed by atoms with Gasteiger partial charge in [0.2, 0.25) is 0 Å². The molecule has 0 amide bonds. The van der Waals surface area contributed by atoms with Crippen molar-refractivity contribution in [1.82, 2.24) is 10.2 Å². The highest BCUT2D eigenvalue weighted by Crippen LogP contribution is 2.31. The lowest BCUT2D eigenvalue weighted by Crippen LogP contribution is -2.59. The maximum atomic E-state index is 3.76. The van der Waals surface area contributed by atoms with Crippen molar-refractivity contribution in [2.24, 2.45) is 17.8 Å². The van der Waals surface area contributed by atoms with Gasteiger partial charge in [-0.25, -0.2) is 0 Å². The van der Waals surface area contributed by atoms with E-state index in [-0.39, 0.29) is 0 Å². The van der Waals surface area contributed by atoms with Crippen LogP contribution in [0.2, 0.25) is 0 Å². The first kappa shape index (κ1) is 15.3. The highest BCUT2D eigenvalue weighted by atomic mass is 15.2. The predicted octanol–water partition coefficient (Wildman–Crippen LogP) is 3.52. The van der Waals surface area contributed by atoms with Gasteiger partial charge in [-0.3, -0.25) is 4.90 Å². The Labute approximate surface area is 120 Å². The Morgan fingerprint density at radius 1 is 1.21 bits per heavy atom. The molecule has 1 heterocycles. The van der Waals surface area contributed by atoms with Gasteiger partial charge in [0.15, 0.2) is 0 Å². The number of nitrogens with zero attached hydrogens (tertiary/aromatic N) is 1. The maximum absolute atomic E-state index is 3.76. The van der Waals surface area contributed by atoms with E-state index in [1.807, 2.05) is 0 Å². The number of rotatable bonds is 4. The van der Waals surface area contributed by atoms with Gasteiger partial charge in [0, 0.05) is 31.7 Å². The molecule has 0 aromatic heterocycles. The number of hydrogen-bond acceptors (Lipinski definition) is 2. The Hall–Kier alpha value is -0.0800. The molecule has 1 aliphatic carbocycles. The minimum atomic E-state index is 0.696. The Balaban J connectivity index is 1.93. The van der Waals surface area contributed by atoms with E-state index in [2.05, 4.69) is 37.9 Å². The summed E-state index contributed by atoms with van der Waals surface area (Å²) in [6.07, 6.45) is 7.14. The largest absolute Gasteiger partial charge is 0.311 e. The summed E-state index contributed by atoms with van der Waals surface area (Å²) in [5.74, 6) is 2.65. The lowest BCUT2D eigenvalue weighted by molar-refractivity contribution is 0.0710. The topological polar surface area (TPSA) is 15.3 Å². The van der Waals surface area contributed by atoms with E-state index in [9.17, 15) is 0 Å². The van der Waals surface area contributed by atoms with Crippen molar-refractivity contribution in [3.63, 3.8) is 0 Å². The summed E-state index contributed by atoms with van der Waals surface area (Å²) in [4.78, 5) is 2.81. The van der Waals surface area contributed by atoms with Gasteiger partial charge in [0.1, 0.15) is 0 Å². The summed E-state index contributed by atoms with van der Waals surface area (Å²) < 4.78 is 0. The molecule has 4 atom stereocenters. The molecule has 1 saturated heterocycles. The third kappa shape index (κ3) is 3.95. The fraction of sp³-hybridized carbons (Fsp3) is 1.00. The molecule has 4 unspecified atom stereocenters. The van der Waals surface area contributed by atoms with Crippen LogP contribution in [-0.4, -0.2) is 36.6 Å². The number of hydrogen-bond donors (Lipinski definition) is 1. The van der Waals surface area contributed by atoms with Gasteiger partial charge < -0.3 is 5.32 Å². The number of piperazine rings is 1. The van der Waals surface area contributed by atoms with Gasteiger partial charge in [-0.2, -0.15) is 0 Å². The van der Waals surface area contributed by atoms with Gasteiger partial charge >= 0.3 is 0 Å². The molecule has 1 aliphatic heterocycles. The van der Waals surface area contributed by atoms with E-state index in [1.165, 1.54) is 51.7 Å². The van der Waals surface area contributed by atoms with Gasteiger partial charge in [-0.15, -0.1) is 0 Å².